The van der Waals surface area contributed by atoms with E-state index in [0.717, 1.165) is 15.9 Å². The fourth-order valence-corrected chi connectivity index (χ4v) is 3.98. The molecule has 1 aromatic carbocycles. The molecule has 0 spiro atoms. The second-order valence-corrected chi connectivity index (χ2v) is 6.59. The summed E-state index contributed by atoms with van der Waals surface area (Å²) in [6.07, 6.45) is 3.69. The number of rotatable bonds is 3. The van der Waals surface area contributed by atoms with Gasteiger partial charge < -0.3 is 10.1 Å². The van der Waals surface area contributed by atoms with Crippen LogP contribution < -0.4 is 10.1 Å². The number of ether oxygens (including phenoxy) is 1. The molecule has 0 aliphatic heterocycles. The van der Waals surface area contributed by atoms with Crippen molar-refractivity contribution in [1.29, 1.82) is 0 Å². The molecule has 2 aromatic rings. The number of halogens is 1. The van der Waals surface area contributed by atoms with Crippen LogP contribution in [0.3, 0.4) is 0 Å². The first-order valence-electron chi connectivity index (χ1n) is 6.44. The van der Waals surface area contributed by atoms with Gasteiger partial charge in [-0.2, -0.15) is 0 Å². The smallest absolute Gasteiger partial charge is 0.135 e. The van der Waals surface area contributed by atoms with Crippen molar-refractivity contribution in [2.75, 3.05) is 12.4 Å². The number of hydrogen-bond donors (Lipinski definition) is 1. The van der Waals surface area contributed by atoms with E-state index >= 15 is 0 Å². The van der Waals surface area contributed by atoms with Gasteiger partial charge in [-0.1, -0.05) is 0 Å². The van der Waals surface area contributed by atoms with E-state index < -0.39 is 0 Å². The number of hydrogen-bond acceptors (Lipinski definition) is 3. The first-order valence-corrected chi connectivity index (χ1v) is 8.11. The van der Waals surface area contributed by atoms with E-state index in [1.165, 1.54) is 29.7 Å². The molecule has 1 N–H and O–H groups in total. The minimum atomic E-state index is 0.431. The van der Waals surface area contributed by atoms with Gasteiger partial charge in [-0.15, -0.1) is 11.3 Å². The van der Waals surface area contributed by atoms with Crippen LogP contribution in [0.5, 0.6) is 5.75 Å². The standard InChI is InChI=1S/C15H16BrNOS/c1-18-14-9-10(5-6-12(14)16)17-13-3-2-4-15-11(13)7-8-19-15/h5-9,13,17H,2-4H2,1H3. The summed E-state index contributed by atoms with van der Waals surface area (Å²) in [6.45, 7) is 0. The number of anilines is 1. The molecule has 1 unspecified atom stereocenters. The molecule has 0 radical (unpaired) electrons. The summed E-state index contributed by atoms with van der Waals surface area (Å²) >= 11 is 5.36. The molecule has 3 rings (SSSR count). The predicted octanol–water partition coefficient (Wildman–Crippen LogP) is 5.01. The fraction of sp³-hybridized carbons (Fsp3) is 0.333. The molecule has 1 heterocycles. The third kappa shape index (κ3) is 2.65. The maximum Gasteiger partial charge on any atom is 0.135 e. The van der Waals surface area contributed by atoms with Crippen molar-refractivity contribution in [2.45, 2.75) is 25.3 Å². The monoisotopic (exact) mass is 337 g/mol. The zero-order chi connectivity index (χ0) is 13.2. The molecule has 19 heavy (non-hydrogen) atoms. The Morgan fingerprint density at radius 3 is 3.11 bits per heavy atom. The third-order valence-corrected chi connectivity index (χ3v) is 5.20. The minimum Gasteiger partial charge on any atom is -0.495 e. The average molecular weight is 338 g/mol. The molecule has 100 valence electrons. The molecule has 0 saturated heterocycles. The summed E-state index contributed by atoms with van der Waals surface area (Å²) in [5.41, 5.74) is 2.59. The number of aryl methyl sites for hydroxylation is 1. The van der Waals surface area contributed by atoms with Crippen molar-refractivity contribution in [2.24, 2.45) is 0 Å². The van der Waals surface area contributed by atoms with E-state index in [4.69, 9.17) is 4.74 Å². The lowest BCUT2D eigenvalue weighted by Crippen LogP contribution is -2.15. The highest BCUT2D eigenvalue weighted by Crippen LogP contribution is 2.36. The lowest BCUT2D eigenvalue weighted by atomic mass is 9.94. The second kappa shape index (κ2) is 5.55. The summed E-state index contributed by atoms with van der Waals surface area (Å²) in [4.78, 5) is 1.54. The van der Waals surface area contributed by atoms with Gasteiger partial charge in [-0.25, -0.2) is 0 Å². The van der Waals surface area contributed by atoms with E-state index in [9.17, 15) is 0 Å². The van der Waals surface area contributed by atoms with Crippen LogP contribution in [0.15, 0.2) is 34.1 Å². The average Bonchev–Trinajstić information content (AvgIpc) is 2.90. The van der Waals surface area contributed by atoms with Crippen LogP contribution in [-0.4, -0.2) is 7.11 Å². The molecule has 0 bridgehead atoms. The normalized spacial score (nSPS) is 17.9. The summed E-state index contributed by atoms with van der Waals surface area (Å²) in [7, 11) is 1.70. The molecule has 1 atom stereocenters. The summed E-state index contributed by atoms with van der Waals surface area (Å²) in [6, 6.07) is 8.85. The Bertz CT molecular complexity index is 581. The van der Waals surface area contributed by atoms with Gasteiger partial charge in [0.1, 0.15) is 5.75 Å². The SMILES string of the molecule is COc1cc(NC2CCCc3sccc32)ccc1Br. The van der Waals surface area contributed by atoms with Gasteiger partial charge >= 0.3 is 0 Å². The quantitative estimate of drug-likeness (QED) is 0.849. The van der Waals surface area contributed by atoms with Crippen molar-refractivity contribution < 1.29 is 4.74 Å². The van der Waals surface area contributed by atoms with Gasteiger partial charge in [0.2, 0.25) is 0 Å². The highest BCUT2D eigenvalue weighted by molar-refractivity contribution is 9.10. The van der Waals surface area contributed by atoms with Crippen molar-refractivity contribution in [3.05, 3.63) is 44.6 Å². The lowest BCUT2D eigenvalue weighted by molar-refractivity contribution is 0.412. The molecular weight excluding hydrogens is 322 g/mol. The maximum absolute atomic E-state index is 5.34. The zero-order valence-corrected chi connectivity index (χ0v) is 13.2. The lowest BCUT2D eigenvalue weighted by Gasteiger charge is -2.25. The Labute approximate surface area is 125 Å². The Balaban J connectivity index is 1.83. The van der Waals surface area contributed by atoms with Crippen LogP contribution in [0.1, 0.15) is 29.3 Å². The number of thiophene rings is 1. The number of nitrogens with one attached hydrogen (secondary N) is 1. The zero-order valence-electron chi connectivity index (χ0n) is 10.8. The first-order chi connectivity index (χ1) is 9.28. The topological polar surface area (TPSA) is 21.3 Å². The molecular formula is C15H16BrNOS. The molecule has 0 fully saturated rings. The molecule has 0 saturated carbocycles. The fourth-order valence-electron chi connectivity index (χ4n) is 2.59. The van der Waals surface area contributed by atoms with Crippen molar-refractivity contribution in [3.8, 4) is 5.75 Å². The molecule has 4 heteroatoms. The van der Waals surface area contributed by atoms with E-state index in [0.29, 0.717) is 6.04 Å². The van der Waals surface area contributed by atoms with E-state index in [1.54, 1.807) is 7.11 Å². The first kappa shape index (κ1) is 13.0. The van der Waals surface area contributed by atoms with Crippen LogP contribution in [0, 0.1) is 0 Å². The van der Waals surface area contributed by atoms with Gasteiger partial charge in [-0.05, 0) is 64.3 Å². The van der Waals surface area contributed by atoms with Crippen LogP contribution in [0.2, 0.25) is 0 Å². The summed E-state index contributed by atoms with van der Waals surface area (Å²) in [5.74, 6) is 0.867. The van der Waals surface area contributed by atoms with E-state index in [2.05, 4.69) is 38.8 Å². The van der Waals surface area contributed by atoms with E-state index in [-0.39, 0.29) is 0 Å². The molecule has 0 amide bonds. The number of methoxy groups -OCH3 is 1. The Kier molecular flexibility index (Phi) is 3.80. The van der Waals surface area contributed by atoms with Crippen molar-refractivity contribution >= 4 is 33.0 Å². The highest BCUT2D eigenvalue weighted by atomic mass is 79.9. The van der Waals surface area contributed by atoms with Gasteiger partial charge in [0.05, 0.1) is 17.6 Å². The van der Waals surface area contributed by atoms with Crippen LogP contribution in [0.4, 0.5) is 5.69 Å². The maximum atomic E-state index is 5.34. The van der Waals surface area contributed by atoms with Gasteiger partial charge in [0.25, 0.3) is 0 Å². The van der Waals surface area contributed by atoms with Crippen LogP contribution in [-0.2, 0) is 6.42 Å². The van der Waals surface area contributed by atoms with Crippen molar-refractivity contribution in [3.63, 3.8) is 0 Å². The molecule has 1 aliphatic carbocycles. The molecule has 1 aromatic heterocycles. The van der Waals surface area contributed by atoms with E-state index in [1.807, 2.05) is 23.5 Å². The predicted molar refractivity (Wildman–Crippen MR) is 84.3 cm³/mol. The Hall–Kier alpha value is -1.00. The van der Waals surface area contributed by atoms with Gasteiger partial charge in [0, 0.05) is 16.6 Å². The van der Waals surface area contributed by atoms with Gasteiger partial charge in [-0.3, -0.25) is 0 Å². The Morgan fingerprint density at radius 1 is 1.37 bits per heavy atom. The number of benzene rings is 1. The number of fused-ring (bicyclic) bond motifs is 1. The Morgan fingerprint density at radius 2 is 2.26 bits per heavy atom. The second-order valence-electron chi connectivity index (χ2n) is 4.74. The largest absolute Gasteiger partial charge is 0.495 e. The minimum absolute atomic E-state index is 0.431. The van der Waals surface area contributed by atoms with Crippen molar-refractivity contribution in [1.82, 2.24) is 0 Å². The molecule has 2 nitrogen and oxygen atoms in total. The highest BCUT2D eigenvalue weighted by Gasteiger charge is 2.21. The van der Waals surface area contributed by atoms with Gasteiger partial charge in [0.15, 0.2) is 0 Å². The summed E-state index contributed by atoms with van der Waals surface area (Å²) < 4.78 is 6.33. The van der Waals surface area contributed by atoms with Crippen LogP contribution >= 0.6 is 27.3 Å². The third-order valence-electron chi connectivity index (χ3n) is 3.54. The summed E-state index contributed by atoms with van der Waals surface area (Å²) in [5, 5.41) is 5.83. The van der Waals surface area contributed by atoms with Crippen LogP contribution in [0.25, 0.3) is 0 Å². The molecule has 1 aliphatic rings.